The number of halogens is 3. The summed E-state index contributed by atoms with van der Waals surface area (Å²) in [5.74, 6) is -3.01. The first-order valence-electron chi connectivity index (χ1n) is 6.22. The molecule has 0 amide bonds. The first-order valence-corrected chi connectivity index (χ1v) is 6.22. The molecule has 1 atom stereocenters. The van der Waals surface area contributed by atoms with Crippen LogP contribution in [0.1, 0.15) is 30.8 Å². The van der Waals surface area contributed by atoms with E-state index in [0.717, 1.165) is 6.42 Å². The molecule has 0 aliphatic carbocycles. The van der Waals surface area contributed by atoms with E-state index in [0.29, 0.717) is 24.5 Å². The van der Waals surface area contributed by atoms with Gasteiger partial charge in [0.1, 0.15) is 18.0 Å². The van der Waals surface area contributed by atoms with Gasteiger partial charge in [-0.1, -0.05) is 6.92 Å². The number of aromatic nitrogens is 3. The van der Waals surface area contributed by atoms with E-state index in [2.05, 4.69) is 10.1 Å². The molecule has 4 nitrogen and oxygen atoms in total. The van der Waals surface area contributed by atoms with Crippen molar-refractivity contribution in [2.75, 3.05) is 0 Å². The van der Waals surface area contributed by atoms with E-state index in [4.69, 9.17) is 0 Å². The minimum Gasteiger partial charge on any atom is -0.388 e. The molecule has 1 heterocycles. The Labute approximate surface area is 113 Å². The van der Waals surface area contributed by atoms with Crippen LogP contribution in [-0.2, 0) is 13.0 Å². The molecule has 108 valence electrons. The lowest BCUT2D eigenvalue weighted by Gasteiger charge is -2.12. The van der Waals surface area contributed by atoms with Gasteiger partial charge in [0, 0.05) is 24.6 Å². The van der Waals surface area contributed by atoms with Crippen molar-refractivity contribution in [2.24, 2.45) is 0 Å². The van der Waals surface area contributed by atoms with E-state index < -0.39 is 23.6 Å². The van der Waals surface area contributed by atoms with Gasteiger partial charge in [-0.2, -0.15) is 5.10 Å². The van der Waals surface area contributed by atoms with Crippen LogP contribution in [-0.4, -0.2) is 19.9 Å². The maximum atomic E-state index is 13.5. The monoisotopic (exact) mass is 285 g/mol. The Morgan fingerprint density at radius 1 is 1.20 bits per heavy atom. The molecule has 1 unspecified atom stereocenters. The minimum absolute atomic E-state index is 0.0258. The molecule has 1 aromatic heterocycles. The Kier molecular flexibility index (Phi) is 4.39. The van der Waals surface area contributed by atoms with Crippen molar-refractivity contribution >= 4 is 0 Å². The summed E-state index contributed by atoms with van der Waals surface area (Å²) in [5, 5.41) is 13.9. The zero-order valence-corrected chi connectivity index (χ0v) is 10.9. The number of aryl methyl sites for hydroxylation is 1. The van der Waals surface area contributed by atoms with Crippen molar-refractivity contribution in [3.8, 4) is 0 Å². The van der Waals surface area contributed by atoms with Crippen LogP contribution >= 0.6 is 0 Å². The van der Waals surface area contributed by atoms with Gasteiger partial charge in [0.2, 0.25) is 0 Å². The number of aliphatic hydroxyl groups excluding tert-OH is 1. The second kappa shape index (κ2) is 6.04. The van der Waals surface area contributed by atoms with Gasteiger partial charge in [0.15, 0.2) is 11.6 Å². The standard InChI is InChI=1S/C13H14F3N3O/c1-2-3-19-13(17-7-18-19)6-12(20)8-4-10(15)11(16)5-9(8)14/h4-5,7,12,20H,2-3,6H2,1H3. The zero-order valence-electron chi connectivity index (χ0n) is 10.9. The molecule has 0 saturated carbocycles. The van der Waals surface area contributed by atoms with E-state index in [1.165, 1.54) is 6.33 Å². The summed E-state index contributed by atoms with van der Waals surface area (Å²) in [6.07, 6.45) is 0.817. The maximum Gasteiger partial charge on any atom is 0.161 e. The summed E-state index contributed by atoms with van der Waals surface area (Å²) >= 11 is 0. The smallest absolute Gasteiger partial charge is 0.161 e. The van der Waals surface area contributed by atoms with Crippen molar-refractivity contribution in [3.05, 3.63) is 47.3 Å². The Hall–Kier alpha value is -1.89. The highest BCUT2D eigenvalue weighted by Gasteiger charge is 2.19. The van der Waals surface area contributed by atoms with Crippen molar-refractivity contribution in [2.45, 2.75) is 32.4 Å². The van der Waals surface area contributed by atoms with Gasteiger partial charge in [-0.3, -0.25) is 4.68 Å². The topological polar surface area (TPSA) is 50.9 Å². The molecule has 0 aliphatic heterocycles. The minimum atomic E-state index is -1.31. The van der Waals surface area contributed by atoms with Gasteiger partial charge >= 0.3 is 0 Å². The molecule has 0 fully saturated rings. The molecule has 2 aromatic rings. The normalized spacial score (nSPS) is 12.7. The highest BCUT2D eigenvalue weighted by molar-refractivity contribution is 5.23. The third kappa shape index (κ3) is 2.98. The Balaban J connectivity index is 2.21. The lowest BCUT2D eigenvalue weighted by atomic mass is 10.1. The van der Waals surface area contributed by atoms with Gasteiger partial charge in [-0.15, -0.1) is 0 Å². The first-order chi connectivity index (χ1) is 9.52. The van der Waals surface area contributed by atoms with E-state index in [9.17, 15) is 18.3 Å². The van der Waals surface area contributed by atoms with E-state index in [1.54, 1.807) is 4.68 Å². The predicted octanol–water partition coefficient (Wildman–Crippen LogP) is 2.38. The third-order valence-electron chi connectivity index (χ3n) is 2.91. The molecule has 0 radical (unpaired) electrons. The summed E-state index contributed by atoms with van der Waals surface area (Å²) in [7, 11) is 0. The Bertz CT molecular complexity index is 601. The molecular formula is C13H14F3N3O. The molecule has 0 spiro atoms. The molecular weight excluding hydrogens is 271 g/mol. The van der Waals surface area contributed by atoms with Crippen LogP contribution in [0.4, 0.5) is 13.2 Å². The van der Waals surface area contributed by atoms with Gasteiger partial charge in [0.05, 0.1) is 6.10 Å². The molecule has 2 rings (SSSR count). The summed E-state index contributed by atoms with van der Waals surface area (Å²) in [5.41, 5.74) is -0.296. The average molecular weight is 285 g/mol. The lowest BCUT2D eigenvalue weighted by Crippen LogP contribution is -2.12. The molecule has 0 saturated heterocycles. The van der Waals surface area contributed by atoms with Gasteiger partial charge in [-0.25, -0.2) is 18.2 Å². The number of hydrogen-bond donors (Lipinski definition) is 1. The van der Waals surface area contributed by atoms with Crippen molar-refractivity contribution in [1.82, 2.24) is 14.8 Å². The number of rotatable bonds is 5. The third-order valence-corrected chi connectivity index (χ3v) is 2.91. The van der Waals surface area contributed by atoms with Gasteiger partial charge < -0.3 is 5.11 Å². The SMILES string of the molecule is CCCn1ncnc1CC(O)c1cc(F)c(F)cc1F. The Morgan fingerprint density at radius 3 is 2.60 bits per heavy atom. The molecule has 20 heavy (non-hydrogen) atoms. The van der Waals surface area contributed by atoms with Crippen molar-refractivity contribution in [1.29, 1.82) is 0 Å². The predicted molar refractivity (Wildman–Crippen MR) is 65.3 cm³/mol. The van der Waals surface area contributed by atoms with Crippen molar-refractivity contribution in [3.63, 3.8) is 0 Å². The molecule has 7 heteroatoms. The lowest BCUT2D eigenvalue weighted by molar-refractivity contribution is 0.168. The quantitative estimate of drug-likeness (QED) is 0.858. The highest BCUT2D eigenvalue weighted by atomic mass is 19.2. The number of nitrogens with zero attached hydrogens (tertiary/aromatic N) is 3. The van der Waals surface area contributed by atoms with Crippen LogP contribution in [0.5, 0.6) is 0 Å². The summed E-state index contributed by atoms with van der Waals surface area (Å²) < 4.78 is 41.1. The summed E-state index contributed by atoms with van der Waals surface area (Å²) in [6, 6.07) is 1.08. The summed E-state index contributed by atoms with van der Waals surface area (Å²) in [4.78, 5) is 3.97. The van der Waals surface area contributed by atoms with Gasteiger partial charge in [-0.05, 0) is 12.5 Å². The van der Waals surface area contributed by atoms with E-state index >= 15 is 0 Å². The molecule has 0 aliphatic rings. The van der Waals surface area contributed by atoms with E-state index in [-0.39, 0.29) is 12.0 Å². The molecule has 1 N–H and O–H groups in total. The second-order valence-electron chi connectivity index (χ2n) is 4.41. The fourth-order valence-corrected chi connectivity index (χ4v) is 1.92. The fourth-order valence-electron chi connectivity index (χ4n) is 1.92. The zero-order chi connectivity index (χ0) is 14.7. The number of hydrogen-bond acceptors (Lipinski definition) is 3. The van der Waals surface area contributed by atoms with Crippen LogP contribution in [0.15, 0.2) is 18.5 Å². The van der Waals surface area contributed by atoms with Crippen LogP contribution in [0.3, 0.4) is 0 Å². The molecule has 1 aromatic carbocycles. The van der Waals surface area contributed by atoms with E-state index in [1.807, 2.05) is 6.92 Å². The molecule has 0 bridgehead atoms. The highest BCUT2D eigenvalue weighted by Crippen LogP contribution is 2.23. The fraction of sp³-hybridized carbons (Fsp3) is 0.385. The van der Waals surface area contributed by atoms with Crippen LogP contribution in [0.25, 0.3) is 0 Å². The van der Waals surface area contributed by atoms with Crippen molar-refractivity contribution < 1.29 is 18.3 Å². The Morgan fingerprint density at radius 2 is 1.90 bits per heavy atom. The van der Waals surface area contributed by atoms with Crippen LogP contribution in [0.2, 0.25) is 0 Å². The first kappa shape index (κ1) is 14.5. The second-order valence-corrected chi connectivity index (χ2v) is 4.41. The largest absolute Gasteiger partial charge is 0.388 e. The summed E-state index contributed by atoms with van der Waals surface area (Å²) in [6.45, 7) is 2.57. The van der Waals surface area contributed by atoms with Crippen LogP contribution in [0, 0.1) is 17.5 Å². The average Bonchev–Trinajstić information content (AvgIpc) is 2.81. The van der Waals surface area contributed by atoms with Gasteiger partial charge in [0.25, 0.3) is 0 Å². The van der Waals surface area contributed by atoms with Crippen LogP contribution < -0.4 is 0 Å². The maximum absolute atomic E-state index is 13.5. The number of benzene rings is 1. The number of aliphatic hydroxyl groups is 1.